The van der Waals surface area contributed by atoms with Gasteiger partial charge in [-0.05, 0) is 54.6 Å². The van der Waals surface area contributed by atoms with Gasteiger partial charge in [0, 0.05) is 24.2 Å². The summed E-state index contributed by atoms with van der Waals surface area (Å²) in [5, 5.41) is 17.9. The van der Waals surface area contributed by atoms with E-state index in [1.165, 1.54) is 23.6 Å². The van der Waals surface area contributed by atoms with Crippen molar-refractivity contribution in [3.8, 4) is 23.0 Å². The van der Waals surface area contributed by atoms with Crippen LogP contribution in [0.25, 0.3) is 17.0 Å². The lowest BCUT2D eigenvalue weighted by molar-refractivity contribution is -0.123. The third-order valence-electron chi connectivity index (χ3n) is 4.56. The van der Waals surface area contributed by atoms with Crippen LogP contribution in [0.2, 0.25) is 0 Å². The van der Waals surface area contributed by atoms with E-state index in [0.29, 0.717) is 34.4 Å². The van der Waals surface area contributed by atoms with E-state index in [2.05, 4.69) is 25.9 Å². The molecule has 11 heteroatoms. The van der Waals surface area contributed by atoms with E-state index in [4.69, 9.17) is 9.47 Å². The van der Waals surface area contributed by atoms with Gasteiger partial charge in [0.15, 0.2) is 18.1 Å². The van der Waals surface area contributed by atoms with Gasteiger partial charge in [0.1, 0.15) is 18.2 Å². The highest BCUT2D eigenvalue weighted by molar-refractivity contribution is 5.88. The number of nitrogens with zero attached hydrogens (tertiary/aromatic N) is 4. The third kappa shape index (κ3) is 5.82. The second-order valence-corrected chi connectivity index (χ2v) is 7.16. The van der Waals surface area contributed by atoms with Gasteiger partial charge in [-0.1, -0.05) is 0 Å². The maximum Gasteiger partial charge on any atom is 0.258 e. The first-order valence-electron chi connectivity index (χ1n) is 10.4. The first-order valence-corrected chi connectivity index (χ1v) is 10.4. The van der Waals surface area contributed by atoms with Crippen LogP contribution in [0.3, 0.4) is 0 Å². The second kappa shape index (κ2) is 10.4. The Bertz CT molecular complexity index is 1290. The van der Waals surface area contributed by atoms with Crippen LogP contribution in [0.1, 0.15) is 6.92 Å². The first kappa shape index (κ1) is 22.6. The van der Waals surface area contributed by atoms with Crippen LogP contribution < -0.4 is 20.1 Å². The van der Waals surface area contributed by atoms with Crippen LogP contribution in [0.15, 0.2) is 60.7 Å². The normalized spacial score (nSPS) is 10.6. The Hall–Kier alpha value is -4.54. The average molecular weight is 464 g/mol. The van der Waals surface area contributed by atoms with E-state index < -0.39 is 0 Å². The molecule has 0 spiro atoms. The summed E-state index contributed by atoms with van der Waals surface area (Å²) in [6.07, 6.45) is 0. The minimum atomic E-state index is -0.345. The number of aromatic nitrogens is 4. The van der Waals surface area contributed by atoms with Crippen molar-refractivity contribution in [2.45, 2.75) is 6.92 Å². The number of carbonyl (C=O) groups excluding carboxylic acids is 2. The van der Waals surface area contributed by atoms with Crippen molar-refractivity contribution in [1.29, 1.82) is 0 Å². The molecule has 0 saturated heterocycles. The number of hydrogen-bond acceptors (Lipinski definition) is 7. The van der Waals surface area contributed by atoms with E-state index >= 15 is 0 Å². The van der Waals surface area contributed by atoms with Gasteiger partial charge in [-0.25, -0.2) is 4.39 Å². The molecule has 4 aromatic rings. The van der Waals surface area contributed by atoms with Crippen molar-refractivity contribution < 1.29 is 23.5 Å². The van der Waals surface area contributed by atoms with Crippen molar-refractivity contribution in [2.75, 3.05) is 25.1 Å². The Morgan fingerprint density at radius 2 is 1.74 bits per heavy atom. The predicted octanol–water partition coefficient (Wildman–Crippen LogP) is 2.46. The number of benzene rings is 2. The highest BCUT2D eigenvalue weighted by Gasteiger charge is 2.11. The first-order chi connectivity index (χ1) is 16.5. The lowest BCUT2D eigenvalue weighted by atomic mass is 10.2. The minimum Gasteiger partial charge on any atom is -0.484 e. The molecule has 34 heavy (non-hydrogen) atoms. The summed E-state index contributed by atoms with van der Waals surface area (Å²) in [6, 6.07) is 15.9. The Balaban J connectivity index is 1.24. The molecule has 0 saturated carbocycles. The quantitative estimate of drug-likeness (QED) is 0.365. The zero-order valence-electron chi connectivity index (χ0n) is 18.2. The number of ether oxygens (including phenoxy) is 2. The van der Waals surface area contributed by atoms with Crippen molar-refractivity contribution in [3.63, 3.8) is 0 Å². The lowest BCUT2D eigenvalue weighted by Gasteiger charge is -2.09. The van der Waals surface area contributed by atoms with Gasteiger partial charge in [-0.15, -0.1) is 15.3 Å². The number of carbonyl (C=O) groups is 2. The topological polar surface area (TPSA) is 120 Å². The smallest absolute Gasteiger partial charge is 0.258 e. The standard InChI is InChI=1S/C23H21FN6O4/c1-15(31)26-18-6-8-19(9-7-18)34-14-21(32)25-12-13-33-22-11-10-20-27-28-23(30(20)29-22)16-2-4-17(24)5-3-16/h2-11H,12-14H2,1H3,(H,25,32)(H,26,31). The predicted molar refractivity (Wildman–Crippen MR) is 121 cm³/mol. The van der Waals surface area contributed by atoms with Crippen LogP contribution in [0, 0.1) is 5.82 Å². The van der Waals surface area contributed by atoms with Gasteiger partial charge in [-0.2, -0.15) is 4.52 Å². The minimum absolute atomic E-state index is 0.161. The highest BCUT2D eigenvalue weighted by Crippen LogP contribution is 2.19. The maximum absolute atomic E-state index is 13.2. The number of amides is 2. The molecule has 0 aliphatic rings. The average Bonchev–Trinajstić information content (AvgIpc) is 3.25. The Morgan fingerprint density at radius 3 is 2.47 bits per heavy atom. The molecule has 0 unspecified atom stereocenters. The molecule has 2 aromatic carbocycles. The summed E-state index contributed by atoms with van der Waals surface area (Å²) >= 11 is 0. The number of fused-ring (bicyclic) bond motifs is 1. The number of halogens is 1. The molecule has 0 aliphatic carbocycles. The fourth-order valence-corrected chi connectivity index (χ4v) is 3.01. The van der Waals surface area contributed by atoms with Crippen molar-refractivity contribution >= 4 is 23.1 Å². The van der Waals surface area contributed by atoms with Crippen LogP contribution >= 0.6 is 0 Å². The molecular weight excluding hydrogens is 443 g/mol. The van der Waals surface area contributed by atoms with E-state index in [9.17, 15) is 14.0 Å². The molecule has 2 aromatic heterocycles. The van der Waals surface area contributed by atoms with Crippen LogP contribution in [-0.2, 0) is 9.59 Å². The van der Waals surface area contributed by atoms with E-state index in [-0.39, 0.29) is 37.4 Å². The number of hydrogen-bond donors (Lipinski definition) is 2. The molecular formula is C23H21FN6O4. The fraction of sp³-hybridized carbons (Fsp3) is 0.174. The summed E-state index contributed by atoms with van der Waals surface area (Å²) < 4.78 is 25.7. The Kier molecular flexibility index (Phi) is 6.92. The molecule has 2 amide bonds. The van der Waals surface area contributed by atoms with E-state index in [1.54, 1.807) is 48.5 Å². The number of anilines is 1. The molecule has 2 heterocycles. The van der Waals surface area contributed by atoms with Crippen molar-refractivity contribution in [1.82, 2.24) is 25.1 Å². The highest BCUT2D eigenvalue weighted by atomic mass is 19.1. The van der Waals surface area contributed by atoms with Crippen LogP contribution in [0.4, 0.5) is 10.1 Å². The second-order valence-electron chi connectivity index (χ2n) is 7.16. The lowest BCUT2D eigenvalue weighted by Crippen LogP contribution is -2.32. The fourth-order valence-electron chi connectivity index (χ4n) is 3.01. The summed E-state index contributed by atoms with van der Waals surface area (Å²) in [4.78, 5) is 23.0. The monoisotopic (exact) mass is 464 g/mol. The van der Waals surface area contributed by atoms with Crippen molar-refractivity contribution in [2.24, 2.45) is 0 Å². The zero-order chi connectivity index (χ0) is 23.9. The maximum atomic E-state index is 13.2. The summed E-state index contributed by atoms with van der Waals surface area (Å²) in [6.45, 7) is 1.69. The zero-order valence-corrected chi connectivity index (χ0v) is 18.2. The molecule has 2 N–H and O–H groups in total. The molecule has 4 rings (SSSR count). The molecule has 0 aliphatic heterocycles. The van der Waals surface area contributed by atoms with Gasteiger partial charge in [0.05, 0.1) is 6.54 Å². The van der Waals surface area contributed by atoms with Gasteiger partial charge >= 0.3 is 0 Å². The summed E-state index contributed by atoms with van der Waals surface area (Å²) in [5.74, 6) is 0.456. The van der Waals surface area contributed by atoms with E-state index in [1.807, 2.05) is 0 Å². The summed E-state index contributed by atoms with van der Waals surface area (Å²) in [7, 11) is 0. The van der Waals surface area contributed by atoms with Crippen LogP contribution in [-0.4, -0.2) is 51.4 Å². The molecule has 0 fully saturated rings. The number of rotatable bonds is 9. The molecule has 10 nitrogen and oxygen atoms in total. The third-order valence-corrected chi connectivity index (χ3v) is 4.56. The summed E-state index contributed by atoms with van der Waals surface area (Å²) in [5.41, 5.74) is 1.82. The molecule has 0 bridgehead atoms. The van der Waals surface area contributed by atoms with Gasteiger partial charge < -0.3 is 20.1 Å². The van der Waals surface area contributed by atoms with Crippen molar-refractivity contribution in [3.05, 3.63) is 66.5 Å². The van der Waals surface area contributed by atoms with Gasteiger partial charge in [0.2, 0.25) is 11.8 Å². The van der Waals surface area contributed by atoms with Gasteiger partial charge in [0.25, 0.3) is 5.91 Å². The Labute approximate surface area is 193 Å². The Morgan fingerprint density at radius 1 is 0.971 bits per heavy atom. The number of nitrogens with one attached hydrogen (secondary N) is 2. The van der Waals surface area contributed by atoms with E-state index in [0.717, 1.165) is 0 Å². The molecule has 0 radical (unpaired) electrons. The largest absolute Gasteiger partial charge is 0.484 e. The SMILES string of the molecule is CC(=O)Nc1ccc(OCC(=O)NCCOc2ccc3nnc(-c4ccc(F)cc4)n3n2)cc1. The molecule has 0 atom stereocenters. The molecule has 174 valence electrons. The van der Waals surface area contributed by atoms with Crippen LogP contribution in [0.5, 0.6) is 11.6 Å². The van der Waals surface area contributed by atoms with Gasteiger partial charge in [-0.3, -0.25) is 9.59 Å².